The second-order valence-electron chi connectivity index (χ2n) is 6.55. The second-order valence-corrected chi connectivity index (χ2v) is 6.95. The highest BCUT2D eigenvalue weighted by Crippen LogP contribution is 2.34. The van der Waals surface area contributed by atoms with E-state index in [4.69, 9.17) is 25.8 Å². The average Bonchev–Trinajstić information content (AvgIpc) is 2.76. The third-order valence-electron chi connectivity index (χ3n) is 4.58. The van der Waals surface area contributed by atoms with Gasteiger partial charge in [-0.25, -0.2) is 9.18 Å². The van der Waals surface area contributed by atoms with Crippen LogP contribution in [0.5, 0.6) is 17.2 Å². The summed E-state index contributed by atoms with van der Waals surface area (Å²) in [6.45, 7) is 0.424. The summed E-state index contributed by atoms with van der Waals surface area (Å²) in [7, 11) is 3.04. The van der Waals surface area contributed by atoms with E-state index in [0.29, 0.717) is 35.0 Å². The number of carboxylic acid groups (broad SMARTS) is 1. The highest BCUT2D eigenvalue weighted by molar-refractivity contribution is 6.31. The lowest BCUT2D eigenvalue weighted by atomic mass is 10.1. The number of anilines is 1. The Bertz CT molecular complexity index is 1090. The number of hydrogen-bond donors (Lipinski definition) is 2. The van der Waals surface area contributed by atoms with Gasteiger partial charge in [-0.1, -0.05) is 29.8 Å². The number of para-hydroxylation sites is 1. The van der Waals surface area contributed by atoms with Gasteiger partial charge in [0.2, 0.25) is 0 Å². The molecule has 8 heteroatoms. The van der Waals surface area contributed by atoms with Gasteiger partial charge in [-0.3, -0.25) is 0 Å². The topological polar surface area (TPSA) is 77.0 Å². The molecule has 162 valence electrons. The van der Waals surface area contributed by atoms with Crippen LogP contribution in [0.25, 0.3) is 0 Å². The number of carboxylic acids is 1. The van der Waals surface area contributed by atoms with Crippen molar-refractivity contribution < 1.29 is 28.5 Å². The molecule has 3 rings (SSSR count). The Balaban J connectivity index is 1.84. The van der Waals surface area contributed by atoms with Crippen LogP contribution in [0.15, 0.2) is 54.6 Å². The predicted octanol–water partition coefficient (Wildman–Crippen LogP) is 5.39. The van der Waals surface area contributed by atoms with Crippen molar-refractivity contribution in [3.63, 3.8) is 0 Å². The van der Waals surface area contributed by atoms with E-state index < -0.39 is 11.8 Å². The Kier molecular flexibility index (Phi) is 7.20. The highest BCUT2D eigenvalue weighted by Gasteiger charge is 2.14. The normalized spacial score (nSPS) is 10.5. The van der Waals surface area contributed by atoms with Gasteiger partial charge in [0.1, 0.15) is 18.2 Å². The van der Waals surface area contributed by atoms with Gasteiger partial charge in [-0.15, -0.1) is 0 Å². The third kappa shape index (κ3) is 5.38. The fourth-order valence-corrected chi connectivity index (χ4v) is 3.21. The zero-order valence-corrected chi connectivity index (χ0v) is 17.7. The Morgan fingerprint density at radius 1 is 1.03 bits per heavy atom. The second kappa shape index (κ2) is 10.0. The van der Waals surface area contributed by atoms with Crippen molar-refractivity contribution in [1.82, 2.24) is 0 Å². The molecule has 0 heterocycles. The van der Waals surface area contributed by atoms with Gasteiger partial charge >= 0.3 is 5.97 Å². The zero-order chi connectivity index (χ0) is 22.4. The summed E-state index contributed by atoms with van der Waals surface area (Å²) >= 11 is 6.10. The molecule has 2 N–H and O–H groups in total. The summed E-state index contributed by atoms with van der Waals surface area (Å²) in [6, 6.07) is 14.1. The van der Waals surface area contributed by atoms with Crippen LogP contribution in [0.1, 0.15) is 21.5 Å². The molecule has 0 spiro atoms. The molecule has 3 aromatic carbocycles. The van der Waals surface area contributed by atoms with Crippen molar-refractivity contribution in [1.29, 1.82) is 0 Å². The predicted molar refractivity (Wildman–Crippen MR) is 116 cm³/mol. The number of nitrogens with one attached hydrogen (secondary N) is 1. The fourth-order valence-electron chi connectivity index (χ4n) is 2.98. The van der Waals surface area contributed by atoms with E-state index >= 15 is 0 Å². The molecule has 0 atom stereocenters. The summed E-state index contributed by atoms with van der Waals surface area (Å²) in [5.41, 5.74) is 2.05. The minimum atomic E-state index is -1.03. The number of halogens is 2. The first-order chi connectivity index (χ1) is 14.9. The molecule has 0 aliphatic rings. The Morgan fingerprint density at radius 3 is 2.48 bits per heavy atom. The maximum atomic E-state index is 13.3. The molecular weight excluding hydrogens is 425 g/mol. The lowest BCUT2D eigenvalue weighted by Gasteiger charge is -2.17. The third-order valence-corrected chi connectivity index (χ3v) is 4.94. The van der Waals surface area contributed by atoms with Crippen LogP contribution in [-0.4, -0.2) is 25.3 Å². The molecule has 0 bridgehead atoms. The molecule has 0 saturated heterocycles. The number of benzene rings is 3. The summed E-state index contributed by atoms with van der Waals surface area (Å²) in [5, 5.41) is 12.7. The fraction of sp³-hybridized carbons (Fsp3) is 0.174. The van der Waals surface area contributed by atoms with Crippen LogP contribution in [0, 0.1) is 5.82 Å². The van der Waals surface area contributed by atoms with Crippen molar-refractivity contribution >= 4 is 23.3 Å². The highest BCUT2D eigenvalue weighted by atomic mass is 35.5. The van der Waals surface area contributed by atoms with Crippen LogP contribution >= 0.6 is 11.6 Å². The van der Waals surface area contributed by atoms with Crippen LogP contribution < -0.4 is 19.5 Å². The van der Waals surface area contributed by atoms with Gasteiger partial charge in [0, 0.05) is 17.7 Å². The number of methoxy groups -OCH3 is 2. The Hall–Kier alpha value is -3.45. The molecule has 0 aromatic heterocycles. The minimum Gasteiger partial charge on any atom is -0.495 e. The maximum absolute atomic E-state index is 13.3. The van der Waals surface area contributed by atoms with Gasteiger partial charge in [0.25, 0.3) is 0 Å². The molecule has 0 unspecified atom stereocenters. The van der Waals surface area contributed by atoms with E-state index in [1.807, 2.05) is 12.1 Å². The largest absolute Gasteiger partial charge is 0.495 e. The first-order valence-electron chi connectivity index (χ1n) is 9.30. The Morgan fingerprint density at radius 2 is 1.81 bits per heavy atom. The molecule has 0 fully saturated rings. The van der Waals surface area contributed by atoms with Gasteiger partial charge in [0.15, 0.2) is 11.5 Å². The number of ether oxygens (including phenoxy) is 3. The van der Waals surface area contributed by atoms with Crippen LogP contribution in [0.3, 0.4) is 0 Å². The van der Waals surface area contributed by atoms with Crippen molar-refractivity contribution in [2.45, 2.75) is 13.2 Å². The summed E-state index contributed by atoms with van der Waals surface area (Å²) in [4.78, 5) is 11.3. The lowest BCUT2D eigenvalue weighted by Crippen LogP contribution is -2.07. The summed E-state index contributed by atoms with van der Waals surface area (Å²) in [6.07, 6.45) is 0. The molecule has 0 aliphatic carbocycles. The van der Waals surface area contributed by atoms with Crippen molar-refractivity contribution in [3.05, 3.63) is 82.1 Å². The Labute approximate surface area is 184 Å². The van der Waals surface area contributed by atoms with Crippen LogP contribution in [0.2, 0.25) is 5.02 Å². The SMILES string of the molecule is COc1ccc(C(=O)O)cc1NCc1cccc(OC)c1OCc1ccc(F)cc1Cl. The molecule has 6 nitrogen and oxygen atoms in total. The smallest absolute Gasteiger partial charge is 0.335 e. The average molecular weight is 446 g/mol. The van der Waals surface area contributed by atoms with E-state index in [-0.39, 0.29) is 17.2 Å². The quantitative estimate of drug-likeness (QED) is 0.460. The van der Waals surface area contributed by atoms with Crippen molar-refractivity contribution in [3.8, 4) is 17.2 Å². The van der Waals surface area contributed by atoms with E-state index in [2.05, 4.69) is 5.32 Å². The van der Waals surface area contributed by atoms with Gasteiger partial charge in [-0.2, -0.15) is 0 Å². The van der Waals surface area contributed by atoms with Crippen LogP contribution in [-0.2, 0) is 13.2 Å². The molecule has 3 aromatic rings. The summed E-state index contributed by atoms with van der Waals surface area (Å²) < 4.78 is 30.0. The summed E-state index contributed by atoms with van der Waals surface area (Å²) in [5.74, 6) is 0.0595. The van der Waals surface area contributed by atoms with E-state index in [1.165, 1.54) is 38.5 Å². The first kappa shape index (κ1) is 22.2. The number of rotatable bonds is 9. The number of aromatic carboxylic acids is 1. The van der Waals surface area contributed by atoms with Gasteiger partial charge < -0.3 is 24.6 Å². The monoisotopic (exact) mass is 445 g/mol. The molecular formula is C23H21ClFNO5. The maximum Gasteiger partial charge on any atom is 0.335 e. The van der Waals surface area contributed by atoms with Gasteiger partial charge in [0.05, 0.1) is 30.5 Å². The lowest BCUT2D eigenvalue weighted by molar-refractivity contribution is 0.0697. The van der Waals surface area contributed by atoms with E-state index in [1.54, 1.807) is 18.2 Å². The first-order valence-corrected chi connectivity index (χ1v) is 9.68. The molecule has 31 heavy (non-hydrogen) atoms. The van der Waals surface area contributed by atoms with Crippen molar-refractivity contribution in [2.24, 2.45) is 0 Å². The van der Waals surface area contributed by atoms with E-state index in [9.17, 15) is 14.3 Å². The molecule has 0 saturated carbocycles. The van der Waals surface area contributed by atoms with Gasteiger partial charge in [-0.05, 0) is 36.4 Å². The number of hydrogen-bond acceptors (Lipinski definition) is 5. The number of carbonyl (C=O) groups is 1. The zero-order valence-electron chi connectivity index (χ0n) is 16.9. The minimum absolute atomic E-state index is 0.115. The van der Waals surface area contributed by atoms with Crippen molar-refractivity contribution in [2.75, 3.05) is 19.5 Å². The van der Waals surface area contributed by atoms with E-state index in [0.717, 1.165) is 5.56 Å². The standard InChI is InChI=1S/C23H21ClFNO5/c1-29-20-9-7-14(23(27)28)10-19(20)26-12-15-4-3-5-21(30-2)22(15)31-13-16-6-8-17(25)11-18(16)24/h3-11,26H,12-13H2,1-2H3,(H,27,28). The molecule has 0 aliphatic heterocycles. The molecule has 0 radical (unpaired) electrons. The molecule has 0 amide bonds. The van der Waals surface area contributed by atoms with Crippen LogP contribution in [0.4, 0.5) is 10.1 Å².